The SMILES string of the molecule is CO/N=C(\C)c1sc(-c2cccnc2)nc1F. The second-order valence-electron chi connectivity index (χ2n) is 3.24. The lowest BCUT2D eigenvalue weighted by Crippen LogP contribution is -1.94. The van der Waals surface area contributed by atoms with E-state index in [9.17, 15) is 4.39 Å². The number of halogens is 1. The molecule has 88 valence electrons. The molecular weight excluding hydrogens is 241 g/mol. The van der Waals surface area contributed by atoms with Crippen LogP contribution < -0.4 is 0 Å². The fraction of sp³-hybridized carbons (Fsp3) is 0.182. The van der Waals surface area contributed by atoms with E-state index in [4.69, 9.17) is 0 Å². The maximum atomic E-state index is 13.6. The van der Waals surface area contributed by atoms with E-state index in [0.717, 1.165) is 5.56 Å². The maximum Gasteiger partial charge on any atom is 0.233 e. The van der Waals surface area contributed by atoms with Gasteiger partial charge >= 0.3 is 0 Å². The smallest absolute Gasteiger partial charge is 0.233 e. The van der Waals surface area contributed by atoms with Gasteiger partial charge in [0.1, 0.15) is 17.0 Å². The van der Waals surface area contributed by atoms with Gasteiger partial charge in [0.2, 0.25) is 5.95 Å². The highest BCUT2D eigenvalue weighted by Crippen LogP contribution is 2.27. The number of nitrogens with zero attached hydrogens (tertiary/aromatic N) is 3. The lowest BCUT2D eigenvalue weighted by molar-refractivity contribution is 0.213. The summed E-state index contributed by atoms with van der Waals surface area (Å²) in [6.07, 6.45) is 3.30. The topological polar surface area (TPSA) is 47.4 Å². The zero-order valence-corrected chi connectivity index (χ0v) is 10.2. The normalized spacial score (nSPS) is 11.6. The molecule has 4 nitrogen and oxygen atoms in total. The van der Waals surface area contributed by atoms with Crippen molar-refractivity contribution < 1.29 is 9.23 Å². The summed E-state index contributed by atoms with van der Waals surface area (Å²) in [7, 11) is 1.42. The highest BCUT2D eigenvalue weighted by atomic mass is 32.1. The van der Waals surface area contributed by atoms with Crippen molar-refractivity contribution in [2.24, 2.45) is 5.16 Å². The zero-order valence-electron chi connectivity index (χ0n) is 9.35. The monoisotopic (exact) mass is 251 g/mol. The second-order valence-corrected chi connectivity index (χ2v) is 4.24. The summed E-state index contributed by atoms with van der Waals surface area (Å²) in [6.45, 7) is 1.67. The Balaban J connectivity index is 2.41. The molecule has 0 saturated heterocycles. The van der Waals surface area contributed by atoms with E-state index in [1.165, 1.54) is 18.4 Å². The largest absolute Gasteiger partial charge is 0.399 e. The number of pyridine rings is 1. The van der Waals surface area contributed by atoms with Crippen LogP contribution in [0.15, 0.2) is 29.7 Å². The summed E-state index contributed by atoms with van der Waals surface area (Å²) in [4.78, 5) is 12.8. The van der Waals surface area contributed by atoms with Gasteiger partial charge in [-0.25, -0.2) is 4.98 Å². The summed E-state index contributed by atoms with van der Waals surface area (Å²) in [5.41, 5.74) is 1.26. The van der Waals surface area contributed by atoms with Gasteiger partial charge in [-0.2, -0.15) is 4.39 Å². The van der Waals surface area contributed by atoms with Crippen LogP contribution in [-0.2, 0) is 4.84 Å². The molecule has 0 radical (unpaired) electrons. The van der Waals surface area contributed by atoms with Crippen LogP contribution in [0.1, 0.15) is 11.8 Å². The summed E-state index contributed by atoms with van der Waals surface area (Å²) < 4.78 is 13.6. The summed E-state index contributed by atoms with van der Waals surface area (Å²) >= 11 is 1.22. The minimum atomic E-state index is -0.535. The van der Waals surface area contributed by atoms with Crippen LogP contribution in [0.5, 0.6) is 0 Å². The Morgan fingerprint density at radius 2 is 2.35 bits per heavy atom. The van der Waals surface area contributed by atoms with Crippen molar-refractivity contribution >= 4 is 17.0 Å². The van der Waals surface area contributed by atoms with E-state index >= 15 is 0 Å². The van der Waals surface area contributed by atoms with Gasteiger partial charge in [-0.3, -0.25) is 4.98 Å². The van der Waals surface area contributed by atoms with E-state index in [0.29, 0.717) is 15.6 Å². The molecule has 0 aliphatic heterocycles. The Hall–Kier alpha value is -1.82. The van der Waals surface area contributed by atoms with Crippen molar-refractivity contribution in [3.8, 4) is 10.6 Å². The predicted octanol–water partition coefficient (Wildman–Crippen LogP) is 2.71. The average Bonchev–Trinajstić information content (AvgIpc) is 2.73. The third kappa shape index (κ3) is 2.47. The van der Waals surface area contributed by atoms with Crippen molar-refractivity contribution in [3.63, 3.8) is 0 Å². The zero-order chi connectivity index (χ0) is 12.3. The Kier molecular flexibility index (Phi) is 3.43. The van der Waals surface area contributed by atoms with Gasteiger partial charge in [0, 0.05) is 18.0 Å². The highest BCUT2D eigenvalue weighted by Gasteiger charge is 2.15. The molecule has 2 aromatic heterocycles. The molecule has 0 fully saturated rings. The fourth-order valence-electron chi connectivity index (χ4n) is 1.32. The molecule has 0 aromatic carbocycles. The first-order valence-corrected chi connectivity index (χ1v) is 5.69. The van der Waals surface area contributed by atoms with Gasteiger partial charge in [-0.05, 0) is 19.1 Å². The predicted molar refractivity (Wildman–Crippen MR) is 64.5 cm³/mol. The molecule has 2 aromatic rings. The van der Waals surface area contributed by atoms with Crippen LogP contribution in [0.2, 0.25) is 0 Å². The molecule has 0 atom stereocenters. The van der Waals surface area contributed by atoms with Gasteiger partial charge in [0.15, 0.2) is 0 Å². The Morgan fingerprint density at radius 3 is 3.00 bits per heavy atom. The number of oxime groups is 1. The lowest BCUT2D eigenvalue weighted by Gasteiger charge is -1.93. The Bertz CT molecular complexity index is 539. The van der Waals surface area contributed by atoms with Crippen LogP contribution in [0.25, 0.3) is 10.6 Å². The van der Waals surface area contributed by atoms with Gasteiger partial charge in [0.05, 0.1) is 5.71 Å². The highest BCUT2D eigenvalue weighted by molar-refractivity contribution is 7.17. The fourth-order valence-corrected chi connectivity index (χ4v) is 2.19. The molecule has 0 N–H and O–H groups in total. The number of aromatic nitrogens is 2. The standard InChI is InChI=1S/C11H10FN3OS/c1-7(15-16-2)9-10(12)14-11(17-9)8-4-3-5-13-6-8/h3-6H,1-2H3/b15-7+. The molecule has 0 amide bonds. The van der Waals surface area contributed by atoms with E-state index in [1.54, 1.807) is 25.4 Å². The van der Waals surface area contributed by atoms with Crippen LogP contribution in [0, 0.1) is 5.95 Å². The molecule has 0 saturated carbocycles. The van der Waals surface area contributed by atoms with Crippen LogP contribution >= 0.6 is 11.3 Å². The third-order valence-corrected chi connectivity index (χ3v) is 3.24. The third-order valence-electron chi connectivity index (χ3n) is 2.05. The van der Waals surface area contributed by atoms with Crippen molar-refractivity contribution in [3.05, 3.63) is 35.4 Å². The first-order chi connectivity index (χ1) is 8.22. The number of thiazole rings is 1. The van der Waals surface area contributed by atoms with Gasteiger partial charge < -0.3 is 4.84 Å². The van der Waals surface area contributed by atoms with E-state index < -0.39 is 5.95 Å². The first-order valence-electron chi connectivity index (χ1n) is 4.87. The van der Waals surface area contributed by atoms with Crippen LogP contribution in [-0.4, -0.2) is 22.8 Å². The van der Waals surface area contributed by atoms with Gasteiger partial charge in [0.25, 0.3) is 0 Å². The molecule has 0 spiro atoms. The van der Waals surface area contributed by atoms with Crippen molar-refractivity contribution in [2.45, 2.75) is 6.92 Å². The number of hydrogen-bond donors (Lipinski definition) is 0. The van der Waals surface area contributed by atoms with Gasteiger partial charge in [-0.15, -0.1) is 11.3 Å². The quantitative estimate of drug-likeness (QED) is 0.622. The van der Waals surface area contributed by atoms with Gasteiger partial charge in [-0.1, -0.05) is 5.16 Å². The van der Waals surface area contributed by atoms with Crippen LogP contribution in [0.4, 0.5) is 4.39 Å². The number of rotatable bonds is 3. The van der Waals surface area contributed by atoms with Crippen molar-refractivity contribution in [1.82, 2.24) is 9.97 Å². The van der Waals surface area contributed by atoms with E-state index in [-0.39, 0.29) is 0 Å². The molecule has 6 heteroatoms. The Morgan fingerprint density at radius 1 is 1.53 bits per heavy atom. The summed E-state index contributed by atoms with van der Waals surface area (Å²) in [5, 5.41) is 4.27. The minimum Gasteiger partial charge on any atom is -0.399 e. The molecular formula is C11H10FN3OS. The summed E-state index contributed by atoms with van der Waals surface area (Å²) in [6, 6.07) is 3.61. The molecule has 0 aliphatic carbocycles. The first kappa shape index (κ1) is 11.7. The van der Waals surface area contributed by atoms with Crippen LogP contribution in [0.3, 0.4) is 0 Å². The molecule has 2 rings (SSSR count). The van der Waals surface area contributed by atoms with Crippen molar-refractivity contribution in [2.75, 3.05) is 7.11 Å². The second kappa shape index (κ2) is 5.01. The number of hydrogen-bond acceptors (Lipinski definition) is 5. The van der Waals surface area contributed by atoms with Crippen molar-refractivity contribution in [1.29, 1.82) is 0 Å². The molecule has 2 heterocycles. The van der Waals surface area contributed by atoms with E-state index in [2.05, 4.69) is 20.0 Å². The molecule has 0 aliphatic rings. The lowest BCUT2D eigenvalue weighted by atomic mass is 10.3. The maximum absolute atomic E-state index is 13.6. The average molecular weight is 251 g/mol. The summed E-state index contributed by atoms with van der Waals surface area (Å²) in [5.74, 6) is -0.535. The molecule has 17 heavy (non-hydrogen) atoms. The van der Waals surface area contributed by atoms with E-state index in [1.807, 2.05) is 6.07 Å². The molecule has 0 bridgehead atoms. The molecule has 0 unspecified atom stereocenters. The minimum absolute atomic E-state index is 0.380. The Labute approximate surface area is 102 Å².